The molecule has 0 aliphatic carbocycles. The van der Waals surface area contributed by atoms with Crippen LogP contribution in [0.15, 0.2) is 45.3 Å². The van der Waals surface area contributed by atoms with Gasteiger partial charge < -0.3 is 13.7 Å². The van der Waals surface area contributed by atoms with Gasteiger partial charge in [0.2, 0.25) is 0 Å². The van der Waals surface area contributed by atoms with Gasteiger partial charge in [-0.3, -0.25) is 9.69 Å². The van der Waals surface area contributed by atoms with E-state index in [-0.39, 0.29) is 11.7 Å². The molecule has 1 atom stereocenters. The summed E-state index contributed by atoms with van der Waals surface area (Å²) in [6, 6.07) is 7.87. The first-order valence-corrected chi connectivity index (χ1v) is 11.3. The number of aryl methyl sites for hydroxylation is 3. The highest BCUT2D eigenvalue weighted by atomic mass is 32.2. The fraction of sp³-hybridized carbons (Fsp3) is 0.435. The van der Waals surface area contributed by atoms with E-state index in [9.17, 15) is 4.79 Å². The summed E-state index contributed by atoms with van der Waals surface area (Å²) in [5.41, 5.74) is 2.78. The minimum Gasteiger partial charge on any atom is -0.496 e. The molecule has 3 heterocycles. The van der Waals surface area contributed by atoms with Crippen molar-refractivity contribution >= 4 is 17.5 Å². The summed E-state index contributed by atoms with van der Waals surface area (Å²) in [7, 11) is 3.57. The van der Waals surface area contributed by atoms with Gasteiger partial charge in [0.25, 0.3) is 0 Å². The number of benzene rings is 1. The molecular formula is C23H28N4O3S. The number of carbonyl (C=O) groups excluding carboxylic acids is 1. The van der Waals surface area contributed by atoms with Crippen LogP contribution >= 0.6 is 11.8 Å². The monoisotopic (exact) mass is 440 g/mol. The molecule has 0 saturated carbocycles. The van der Waals surface area contributed by atoms with Crippen LogP contribution in [0.25, 0.3) is 0 Å². The van der Waals surface area contributed by atoms with Gasteiger partial charge in [0.1, 0.15) is 17.8 Å². The molecule has 4 rings (SSSR count). The van der Waals surface area contributed by atoms with Gasteiger partial charge in [0, 0.05) is 25.1 Å². The SMILES string of the molecule is COc1c(C)cc(C(=O)[C@@H]2CCCN(Cc3ccc(Sc4nncn4C)o3)C2)cc1C. The van der Waals surface area contributed by atoms with Crippen LogP contribution in [0.1, 0.15) is 40.1 Å². The maximum atomic E-state index is 13.2. The molecule has 7 nitrogen and oxygen atoms in total. The number of piperidine rings is 1. The van der Waals surface area contributed by atoms with E-state index < -0.39 is 0 Å². The predicted molar refractivity (Wildman–Crippen MR) is 119 cm³/mol. The minimum absolute atomic E-state index is 0.00314. The minimum atomic E-state index is 0.00314. The highest BCUT2D eigenvalue weighted by Crippen LogP contribution is 2.30. The van der Waals surface area contributed by atoms with Gasteiger partial charge in [0.15, 0.2) is 16.0 Å². The second kappa shape index (κ2) is 9.28. The molecule has 164 valence electrons. The smallest absolute Gasteiger partial charge is 0.198 e. The molecule has 0 radical (unpaired) electrons. The van der Waals surface area contributed by atoms with Crippen LogP contribution in [0.4, 0.5) is 0 Å². The molecule has 8 heteroatoms. The number of methoxy groups -OCH3 is 1. The Kier molecular flexibility index (Phi) is 6.48. The molecule has 1 fully saturated rings. The highest BCUT2D eigenvalue weighted by molar-refractivity contribution is 7.99. The number of hydrogen-bond acceptors (Lipinski definition) is 7. The molecule has 0 spiro atoms. The summed E-state index contributed by atoms with van der Waals surface area (Å²) in [5, 5.41) is 9.55. The van der Waals surface area contributed by atoms with E-state index in [0.29, 0.717) is 6.54 Å². The van der Waals surface area contributed by atoms with Gasteiger partial charge >= 0.3 is 0 Å². The Morgan fingerprint density at radius 2 is 2.06 bits per heavy atom. The Balaban J connectivity index is 1.40. The Morgan fingerprint density at radius 3 is 2.74 bits per heavy atom. The van der Waals surface area contributed by atoms with Crippen LogP contribution < -0.4 is 4.74 Å². The molecule has 31 heavy (non-hydrogen) atoms. The van der Waals surface area contributed by atoms with Crippen LogP contribution in [0.2, 0.25) is 0 Å². The van der Waals surface area contributed by atoms with Crippen molar-refractivity contribution < 1.29 is 13.9 Å². The summed E-state index contributed by atoms with van der Waals surface area (Å²) in [6.45, 7) is 6.39. The van der Waals surface area contributed by atoms with Crippen LogP contribution in [0, 0.1) is 19.8 Å². The normalized spacial score (nSPS) is 17.1. The lowest BCUT2D eigenvalue weighted by Crippen LogP contribution is -2.38. The average Bonchev–Trinajstić information content (AvgIpc) is 3.36. The number of carbonyl (C=O) groups is 1. The Morgan fingerprint density at radius 1 is 1.29 bits per heavy atom. The molecule has 3 aromatic rings. The largest absolute Gasteiger partial charge is 0.496 e. The maximum absolute atomic E-state index is 13.2. The zero-order chi connectivity index (χ0) is 22.0. The number of aromatic nitrogens is 3. The molecular weight excluding hydrogens is 412 g/mol. The molecule has 0 unspecified atom stereocenters. The molecule has 0 N–H and O–H groups in total. The Labute approximate surface area is 186 Å². The number of furan rings is 1. The third-order valence-corrected chi connectivity index (χ3v) is 6.68. The van der Waals surface area contributed by atoms with E-state index >= 15 is 0 Å². The number of ketones is 1. The third-order valence-electron chi connectivity index (χ3n) is 5.70. The van der Waals surface area contributed by atoms with E-state index in [4.69, 9.17) is 9.15 Å². The second-order valence-electron chi connectivity index (χ2n) is 8.13. The van der Waals surface area contributed by atoms with Crippen molar-refractivity contribution in [2.24, 2.45) is 13.0 Å². The van der Waals surface area contributed by atoms with Gasteiger partial charge in [-0.25, -0.2) is 0 Å². The summed E-state index contributed by atoms with van der Waals surface area (Å²) >= 11 is 1.45. The topological polar surface area (TPSA) is 73.4 Å². The molecule has 1 aliphatic rings. The fourth-order valence-corrected chi connectivity index (χ4v) is 4.98. The lowest BCUT2D eigenvalue weighted by atomic mass is 9.88. The lowest BCUT2D eigenvalue weighted by Gasteiger charge is -2.31. The van der Waals surface area contributed by atoms with Crippen molar-refractivity contribution in [3.05, 3.63) is 53.0 Å². The average molecular weight is 441 g/mol. The fourth-order valence-electron chi connectivity index (χ4n) is 4.24. The number of nitrogens with zero attached hydrogens (tertiary/aromatic N) is 4. The Bertz CT molecular complexity index is 1050. The van der Waals surface area contributed by atoms with E-state index in [1.54, 1.807) is 13.4 Å². The van der Waals surface area contributed by atoms with Crippen LogP contribution in [-0.4, -0.2) is 45.6 Å². The molecule has 1 saturated heterocycles. The van der Waals surface area contributed by atoms with Crippen molar-refractivity contribution in [1.29, 1.82) is 0 Å². The van der Waals surface area contributed by atoms with Crippen LogP contribution in [0.5, 0.6) is 5.75 Å². The van der Waals surface area contributed by atoms with Crippen molar-refractivity contribution in [3.8, 4) is 5.75 Å². The van der Waals surface area contributed by atoms with Crippen LogP contribution in [-0.2, 0) is 13.6 Å². The van der Waals surface area contributed by atoms with E-state index in [1.165, 1.54) is 11.8 Å². The summed E-state index contributed by atoms with van der Waals surface area (Å²) < 4.78 is 13.3. The van der Waals surface area contributed by atoms with Gasteiger partial charge in [-0.05, 0) is 80.4 Å². The quantitative estimate of drug-likeness (QED) is 0.508. The van der Waals surface area contributed by atoms with Crippen LogP contribution in [0.3, 0.4) is 0 Å². The Hall–Kier alpha value is -2.58. The van der Waals surface area contributed by atoms with Crippen molar-refractivity contribution in [2.45, 2.75) is 43.5 Å². The standard InChI is InChI=1S/C23H28N4O3S/c1-15-10-18(11-16(2)22(15)29-4)21(28)17-6-5-9-27(12-17)13-19-7-8-20(30-19)31-23-25-24-14-26(23)3/h7-8,10-11,14,17H,5-6,9,12-13H2,1-4H3/t17-/m1/s1. The first-order valence-electron chi connectivity index (χ1n) is 10.5. The maximum Gasteiger partial charge on any atom is 0.198 e. The van der Waals surface area contributed by atoms with Gasteiger partial charge in [-0.15, -0.1) is 10.2 Å². The van der Waals surface area contributed by atoms with Crippen molar-refractivity contribution in [2.75, 3.05) is 20.2 Å². The number of rotatable bonds is 7. The summed E-state index contributed by atoms with van der Waals surface area (Å²) in [6.07, 6.45) is 3.60. The highest BCUT2D eigenvalue weighted by Gasteiger charge is 2.28. The van der Waals surface area contributed by atoms with Crippen molar-refractivity contribution in [3.63, 3.8) is 0 Å². The predicted octanol–water partition coefficient (Wildman–Crippen LogP) is 4.28. The van der Waals surface area contributed by atoms with Gasteiger partial charge in [-0.2, -0.15) is 0 Å². The lowest BCUT2D eigenvalue weighted by molar-refractivity contribution is 0.0801. The number of hydrogen-bond donors (Lipinski definition) is 0. The number of Topliss-reactive ketones (excluding diaryl/α,β-unsaturated/α-hetero) is 1. The molecule has 0 amide bonds. The van der Waals surface area contributed by atoms with E-state index in [0.717, 1.165) is 64.4 Å². The first-order chi connectivity index (χ1) is 14.9. The van der Waals surface area contributed by atoms with Gasteiger partial charge in [0.05, 0.1) is 13.7 Å². The van der Waals surface area contributed by atoms with Gasteiger partial charge in [-0.1, -0.05) is 0 Å². The van der Waals surface area contributed by atoms with Crippen molar-refractivity contribution in [1.82, 2.24) is 19.7 Å². The molecule has 1 aliphatic heterocycles. The zero-order valence-electron chi connectivity index (χ0n) is 18.4. The second-order valence-corrected chi connectivity index (χ2v) is 9.10. The summed E-state index contributed by atoms with van der Waals surface area (Å²) in [5.74, 6) is 1.98. The van der Waals surface area contributed by atoms with E-state index in [1.807, 2.05) is 49.7 Å². The molecule has 0 bridgehead atoms. The molecule has 1 aromatic carbocycles. The third kappa shape index (κ3) is 4.85. The number of ether oxygens (including phenoxy) is 1. The number of likely N-dealkylation sites (tertiary alicyclic amines) is 1. The molecule has 2 aromatic heterocycles. The summed E-state index contributed by atoms with van der Waals surface area (Å²) in [4.78, 5) is 15.5. The first kappa shape index (κ1) is 21.6. The van der Waals surface area contributed by atoms with E-state index in [2.05, 4.69) is 15.1 Å². The zero-order valence-corrected chi connectivity index (χ0v) is 19.2.